The van der Waals surface area contributed by atoms with Gasteiger partial charge in [-0.1, -0.05) is 13.3 Å². The molecule has 0 bridgehead atoms. The van der Waals surface area contributed by atoms with Crippen LogP contribution in [0.15, 0.2) is 29.2 Å². The van der Waals surface area contributed by atoms with Gasteiger partial charge in [0.1, 0.15) is 0 Å². The minimum atomic E-state index is -0.667. The van der Waals surface area contributed by atoms with Gasteiger partial charge in [0.2, 0.25) is 0 Å². The normalized spacial score (nSPS) is 16.9. The van der Waals surface area contributed by atoms with E-state index in [2.05, 4.69) is 24.4 Å². The van der Waals surface area contributed by atoms with Crippen LogP contribution >= 0.6 is 11.8 Å². The SMILES string of the molecule is CCSc1ccc(NCC2(C(=O)O)CCC2)cc1. The number of nitrogens with one attached hydrogen (secondary N) is 1. The molecule has 0 radical (unpaired) electrons. The Morgan fingerprint density at radius 2 is 2.06 bits per heavy atom. The summed E-state index contributed by atoms with van der Waals surface area (Å²) in [6, 6.07) is 8.19. The molecule has 1 aliphatic carbocycles. The van der Waals surface area contributed by atoms with Crippen molar-refractivity contribution in [1.82, 2.24) is 0 Å². The zero-order valence-electron chi connectivity index (χ0n) is 10.6. The summed E-state index contributed by atoms with van der Waals surface area (Å²) in [4.78, 5) is 12.5. The second-order valence-electron chi connectivity index (χ2n) is 4.75. The van der Waals surface area contributed by atoms with Crippen molar-refractivity contribution in [3.05, 3.63) is 24.3 Å². The maximum Gasteiger partial charge on any atom is 0.311 e. The van der Waals surface area contributed by atoms with Crippen LogP contribution in [0.3, 0.4) is 0 Å². The molecule has 18 heavy (non-hydrogen) atoms. The highest BCUT2D eigenvalue weighted by molar-refractivity contribution is 7.99. The van der Waals surface area contributed by atoms with E-state index < -0.39 is 11.4 Å². The molecule has 0 heterocycles. The molecule has 0 spiro atoms. The molecule has 0 atom stereocenters. The highest BCUT2D eigenvalue weighted by Gasteiger charge is 2.44. The number of thioether (sulfide) groups is 1. The number of hydrogen-bond acceptors (Lipinski definition) is 3. The van der Waals surface area contributed by atoms with E-state index in [-0.39, 0.29) is 0 Å². The van der Waals surface area contributed by atoms with E-state index in [0.717, 1.165) is 30.7 Å². The van der Waals surface area contributed by atoms with E-state index in [4.69, 9.17) is 0 Å². The lowest BCUT2D eigenvalue weighted by Crippen LogP contribution is -2.43. The van der Waals surface area contributed by atoms with Gasteiger partial charge in [-0.05, 0) is 42.9 Å². The standard InChI is InChI=1S/C14H19NO2S/c1-2-18-12-6-4-11(5-7-12)15-10-14(13(16)17)8-3-9-14/h4-7,15H,2-3,8-10H2,1H3,(H,16,17). The van der Waals surface area contributed by atoms with Crippen molar-refractivity contribution < 1.29 is 9.90 Å². The largest absolute Gasteiger partial charge is 0.481 e. The van der Waals surface area contributed by atoms with Gasteiger partial charge < -0.3 is 10.4 Å². The van der Waals surface area contributed by atoms with Crippen molar-refractivity contribution >= 4 is 23.4 Å². The van der Waals surface area contributed by atoms with Gasteiger partial charge in [0.15, 0.2) is 0 Å². The summed E-state index contributed by atoms with van der Waals surface area (Å²) in [7, 11) is 0. The molecule has 1 aromatic carbocycles. The number of benzene rings is 1. The van der Waals surface area contributed by atoms with E-state index in [1.807, 2.05) is 12.1 Å². The van der Waals surface area contributed by atoms with Crippen LogP contribution in [-0.2, 0) is 4.79 Å². The topological polar surface area (TPSA) is 49.3 Å². The third-order valence-corrected chi connectivity index (χ3v) is 4.45. The Labute approximate surface area is 112 Å². The molecule has 3 nitrogen and oxygen atoms in total. The first kappa shape index (κ1) is 13.3. The Kier molecular flexibility index (Phi) is 4.17. The summed E-state index contributed by atoms with van der Waals surface area (Å²) in [5, 5.41) is 12.5. The Morgan fingerprint density at radius 1 is 1.39 bits per heavy atom. The summed E-state index contributed by atoms with van der Waals surface area (Å²) in [6.45, 7) is 2.66. The van der Waals surface area contributed by atoms with E-state index in [1.165, 1.54) is 4.90 Å². The van der Waals surface area contributed by atoms with E-state index in [9.17, 15) is 9.90 Å². The molecular formula is C14H19NO2S. The van der Waals surface area contributed by atoms with Crippen LogP contribution in [-0.4, -0.2) is 23.4 Å². The third-order valence-electron chi connectivity index (χ3n) is 3.56. The second kappa shape index (κ2) is 5.65. The van der Waals surface area contributed by atoms with Crippen LogP contribution in [0, 0.1) is 5.41 Å². The molecular weight excluding hydrogens is 246 g/mol. The lowest BCUT2D eigenvalue weighted by Gasteiger charge is -2.37. The lowest BCUT2D eigenvalue weighted by molar-refractivity contribution is -0.153. The van der Waals surface area contributed by atoms with Crippen LogP contribution in [0.5, 0.6) is 0 Å². The fourth-order valence-corrected chi connectivity index (χ4v) is 2.84. The molecule has 1 aliphatic rings. The van der Waals surface area contributed by atoms with Crippen molar-refractivity contribution in [3.63, 3.8) is 0 Å². The van der Waals surface area contributed by atoms with Crippen LogP contribution in [0.1, 0.15) is 26.2 Å². The van der Waals surface area contributed by atoms with Crippen molar-refractivity contribution in [3.8, 4) is 0 Å². The smallest absolute Gasteiger partial charge is 0.311 e. The number of rotatable bonds is 6. The van der Waals surface area contributed by atoms with Crippen LogP contribution in [0.4, 0.5) is 5.69 Å². The molecule has 1 saturated carbocycles. The van der Waals surface area contributed by atoms with Gasteiger partial charge in [-0.15, -0.1) is 11.8 Å². The average molecular weight is 265 g/mol. The zero-order chi connectivity index (χ0) is 13.0. The van der Waals surface area contributed by atoms with Crippen LogP contribution in [0.25, 0.3) is 0 Å². The number of carboxylic acid groups (broad SMARTS) is 1. The Hall–Kier alpha value is -1.16. The predicted octanol–water partition coefficient (Wildman–Crippen LogP) is 3.47. The minimum Gasteiger partial charge on any atom is -0.481 e. The first-order chi connectivity index (χ1) is 8.66. The van der Waals surface area contributed by atoms with Crippen molar-refractivity contribution in [2.45, 2.75) is 31.1 Å². The van der Waals surface area contributed by atoms with Gasteiger partial charge in [0.05, 0.1) is 5.41 Å². The zero-order valence-corrected chi connectivity index (χ0v) is 11.4. The van der Waals surface area contributed by atoms with E-state index >= 15 is 0 Å². The fourth-order valence-electron chi connectivity index (χ4n) is 2.18. The molecule has 1 fully saturated rings. The summed E-state index contributed by atoms with van der Waals surface area (Å²) in [5.41, 5.74) is 0.472. The predicted molar refractivity (Wildman–Crippen MR) is 75.2 cm³/mol. The monoisotopic (exact) mass is 265 g/mol. The molecule has 2 N–H and O–H groups in total. The summed E-state index contributed by atoms with van der Waals surface area (Å²) >= 11 is 1.81. The quantitative estimate of drug-likeness (QED) is 0.773. The molecule has 0 unspecified atom stereocenters. The maximum absolute atomic E-state index is 11.2. The summed E-state index contributed by atoms with van der Waals surface area (Å²) < 4.78 is 0. The number of carboxylic acids is 1. The van der Waals surface area contributed by atoms with Gasteiger partial charge >= 0.3 is 5.97 Å². The highest BCUT2D eigenvalue weighted by atomic mass is 32.2. The lowest BCUT2D eigenvalue weighted by atomic mass is 9.69. The Bertz CT molecular complexity index is 412. The maximum atomic E-state index is 11.2. The van der Waals surface area contributed by atoms with Gasteiger partial charge in [0.25, 0.3) is 0 Å². The number of hydrogen-bond donors (Lipinski definition) is 2. The Balaban J connectivity index is 1.91. The summed E-state index contributed by atoms with van der Waals surface area (Å²) in [5.74, 6) is 0.397. The van der Waals surface area contributed by atoms with Gasteiger partial charge in [-0.3, -0.25) is 4.79 Å². The molecule has 0 aromatic heterocycles. The van der Waals surface area contributed by atoms with Crippen molar-refractivity contribution in [2.24, 2.45) is 5.41 Å². The molecule has 2 rings (SSSR count). The number of aliphatic carboxylic acids is 1. The third kappa shape index (κ3) is 2.80. The first-order valence-electron chi connectivity index (χ1n) is 6.36. The van der Waals surface area contributed by atoms with Gasteiger partial charge in [-0.2, -0.15) is 0 Å². The van der Waals surface area contributed by atoms with E-state index in [1.54, 1.807) is 11.8 Å². The number of anilines is 1. The molecule has 0 saturated heterocycles. The van der Waals surface area contributed by atoms with Crippen LogP contribution < -0.4 is 5.32 Å². The number of carbonyl (C=O) groups is 1. The highest BCUT2D eigenvalue weighted by Crippen LogP contribution is 2.41. The van der Waals surface area contributed by atoms with Crippen molar-refractivity contribution in [1.29, 1.82) is 0 Å². The molecule has 0 amide bonds. The summed E-state index contributed by atoms with van der Waals surface area (Å²) in [6.07, 6.45) is 2.61. The molecule has 98 valence electrons. The van der Waals surface area contributed by atoms with Gasteiger partial charge in [0, 0.05) is 17.1 Å². The molecule has 4 heteroatoms. The minimum absolute atomic E-state index is 0.530. The molecule has 1 aromatic rings. The first-order valence-corrected chi connectivity index (χ1v) is 7.35. The van der Waals surface area contributed by atoms with Gasteiger partial charge in [-0.25, -0.2) is 0 Å². The Morgan fingerprint density at radius 3 is 2.50 bits per heavy atom. The van der Waals surface area contributed by atoms with Crippen molar-refractivity contribution in [2.75, 3.05) is 17.6 Å². The van der Waals surface area contributed by atoms with Crippen LogP contribution in [0.2, 0.25) is 0 Å². The second-order valence-corrected chi connectivity index (χ2v) is 6.09. The average Bonchev–Trinajstić information content (AvgIpc) is 2.30. The molecule has 0 aliphatic heterocycles. The fraction of sp³-hybridized carbons (Fsp3) is 0.500. The van der Waals surface area contributed by atoms with E-state index in [0.29, 0.717) is 6.54 Å².